The summed E-state index contributed by atoms with van der Waals surface area (Å²) in [6.45, 7) is 3.84. The summed E-state index contributed by atoms with van der Waals surface area (Å²) in [6.07, 6.45) is 0.659. The molecule has 21 heavy (non-hydrogen) atoms. The monoisotopic (exact) mass is 286 g/mol. The third-order valence-corrected chi connectivity index (χ3v) is 4.38. The molecule has 0 unspecified atom stereocenters. The molecule has 0 bridgehead atoms. The summed E-state index contributed by atoms with van der Waals surface area (Å²) in [4.78, 5) is 11.2. The zero-order valence-electron chi connectivity index (χ0n) is 12.4. The number of methoxy groups -OCH3 is 1. The molecule has 2 rings (SSSR count). The van der Waals surface area contributed by atoms with Crippen molar-refractivity contribution in [1.29, 1.82) is 5.26 Å². The van der Waals surface area contributed by atoms with Crippen LogP contribution in [-0.2, 0) is 0 Å². The molecule has 1 aromatic carbocycles. The number of nitriles is 1. The summed E-state index contributed by atoms with van der Waals surface area (Å²) < 4.78 is 5.33. The lowest BCUT2D eigenvalue weighted by Gasteiger charge is -2.34. The lowest BCUT2D eigenvalue weighted by molar-refractivity contribution is -0.557. The first-order chi connectivity index (χ1) is 9.96. The van der Waals surface area contributed by atoms with Crippen molar-refractivity contribution < 1.29 is 9.66 Å². The first-order valence-electron chi connectivity index (χ1n) is 6.80. The van der Waals surface area contributed by atoms with E-state index in [2.05, 4.69) is 0 Å². The van der Waals surface area contributed by atoms with Crippen LogP contribution in [0.15, 0.2) is 35.4 Å². The summed E-state index contributed by atoms with van der Waals surface area (Å²) >= 11 is 0. The molecule has 0 spiro atoms. The quantitative estimate of drug-likeness (QED) is 0.484. The first-order valence-corrected chi connectivity index (χ1v) is 6.80. The highest BCUT2D eigenvalue weighted by atomic mass is 16.6. The zero-order valence-corrected chi connectivity index (χ0v) is 12.4. The van der Waals surface area contributed by atoms with Gasteiger partial charge in [0.15, 0.2) is 0 Å². The molecule has 1 aliphatic rings. The van der Waals surface area contributed by atoms with Crippen molar-refractivity contribution in [1.82, 2.24) is 0 Å². The van der Waals surface area contributed by atoms with E-state index in [1.165, 1.54) is 7.11 Å². The number of allylic oxidation sites excluding steroid dienone is 1. The van der Waals surface area contributed by atoms with Crippen LogP contribution in [0.1, 0.15) is 38.2 Å². The van der Waals surface area contributed by atoms with Crippen LogP contribution in [0.3, 0.4) is 0 Å². The molecule has 0 aliphatic heterocycles. The Kier molecular flexibility index (Phi) is 3.99. The van der Waals surface area contributed by atoms with Crippen molar-refractivity contribution in [2.45, 2.75) is 38.1 Å². The number of ether oxygens (including phenoxy) is 1. The molecule has 2 atom stereocenters. The minimum atomic E-state index is -1.63. The second kappa shape index (κ2) is 5.57. The van der Waals surface area contributed by atoms with Crippen LogP contribution < -0.4 is 4.74 Å². The van der Waals surface area contributed by atoms with Crippen LogP contribution in [-0.4, -0.2) is 17.6 Å². The van der Waals surface area contributed by atoms with Gasteiger partial charge in [-0.15, -0.1) is 0 Å². The summed E-state index contributed by atoms with van der Waals surface area (Å²) in [5.41, 5.74) is 1.14. The van der Waals surface area contributed by atoms with Crippen LogP contribution in [0.4, 0.5) is 0 Å². The number of rotatable bonds is 3. The minimum Gasteiger partial charge on any atom is -0.496 e. The number of hydrogen-bond donors (Lipinski definition) is 0. The highest BCUT2D eigenvalue weighted by Crippen LogP contribution is 2.47. The largest absolute Gasteiger partial charge is 0.496 e. The molecule has 110 valence electrons. The minimum absolute atomic E-state index is 0.158. The molecule has 0 amide bonds. The molecule has 0 saturated heterocycles. The Balaban J connectivity index is 2.63. The van der Waals surface area contributed by atoms with Crippen molar-refractivity contribution in [2.75, 3.05) is 7.11 Å². The van der Waals surface area contributed by atoms with E-state index in [1.54, 1.807) is 6.07 Å². The van der Waals surface area contributed by atoms with Gasteiger partial charge < -0.3 is 4.74 Å². The third-order valence-electron chi connectivity index (χ3n) is 4.38. The van der Waals surface area contributed by atoms with Gasteiger partial charge >= 0.3 is 5.54 Å². The van der Waals surface area contributed by atoms with Crippen LogP contribution >= 0.6 is 0 Å². The summed E-state index contributed by atoms with van der Waals surface area (Å²) in [6, 6.07) is 9.21. The fourth-order valence-electron chi connectivity index (χ4n) is 3.00. The third kappa shape index (κ3) is 2.38. The van der Waals surface area contributed by atoms with Gasteiger partial charge in [-0.2, -0.15) is 5.26 Å². The van der Waals surface area contributed by atoms with E-state index in [4.69, 9.17) is 4.74 Å². The predicted molar refractivity (Wildman–Crippen MR) is 78.7 cm³/mol. The molecule has 1 aromatic rings. The van der Waals surface area contributed by atoms with Crippen molar-refractivity contribution >= 4 is 0 Å². The van der Waals surface area contributed by atoms with Crippen LogP contribution in [0.25, 0.3) is 0 Å². The highest BCUT2D eigenvalue weighted by Gasteiger charge is 2.54. The standard InChI is InChI=1S/C16H18N2O3/c1-11-8-14(13-6-4-5-7-15(13)21-3)16(10-17,18(19)20)9-12(11)2/h4-7,14H,8-9H2,1-3H3/t14-,16-/m1/s1. The summed E-state index contributed by atoms with van der Waals surface area (Å²) in [5, 5.41) is 21.2. The maximum absolute atomic E-state index is 11.7. The smallest absolute Gasteiger partial charge is 0.316 e. The maximum Gasteiger partial charge on any atom is 0.316 e. The number of hydrogen-bond acceptors (Lipinski definition) is 4. The average Bonchev–Trinajstić information content (AvgIpc) is 2.49. The highest BCUT2D eigenvalue weighted by molar-refractivity contribution is 5.43. The molecule has 0 radical (unpaired) electrons. The van der Waals surface area contributed by atoms with Crippen LogP contribution in [0.2, 0.25) is 0 Å². The average molecular weight is 286 g/mol. The van der Waals surface area contributed by atoms with Gasteiger partial charge in [0.25, 0.3) is 0 Å². The summed E-state index contributed by atoms with van der Waals surface area (Å²) in [5.74, 6) is 0.0914. The molecule has 5 heteroatoms. The molecular weight excluding hydrogens is 268 g/mol. The van der Waals surface area contributed by atoms with E-state index in [0.717, 1.165) is 16.7 Å². The predicted octanol–water partition coefficient (Wildman–Crippen LogP) is 3.45. The number of para-hydroxylation sites is 1. The number of benzene rings is 1. The first kappa shape index (κ1) is 15.0. The van der Waals surface area contributed by atoms with Gasteiger partial charge in [0.1, 0.15) is 11.8 Å². The fraction of sp³-hybridized carbons (Fsp3) is 0.438. The van der Waals surface area contributed by atoms with Crippen molar-refractivity contribution in [3.8, 4) is 11.8 Å². The molecule has 0 fully saturated rings. The van der Waals surface area contributed by atoms with E-state index < -0.39 is 16.4 Å². The molecule has 1 aliphatic carbocycles. The Morgan fingerprint density at radius 1 is 1.38 bits per heavy atom. The fourth-order valence-corrected chi connectivity index (χ4v) is 3.00. The van der Waals surface area contributed by atoms with Gasteiger partial charge in [0.2, 0.25) is 0 Å². The summed E-state index contributed by atoms with van der Waals surface area (Å²) in [7, 11) is 1.54. The van der Waals surface area contributed by atoms with Gasteiger partial charge in [-0.25, -0.2) is 0 Å². The van der Waals surface area contributed by atoms with Gasteiger partial charge in [-0.05, 0) is 26.3 Å². The molecule has 0 N–H and O–H groups in total. The molecular formula is C16H18N2O3. The van der Waals surface area contributed by atoms with Crippen molar-refractivity contribution in [2.24, 2.45) is 0 Å². The lowest BCUT2D eigenvalue weighted by Crippen LogP contribution is -2.45. The van der Waals surface area contributed by atoms with E-state index in [1.807, 2.05) is 38.1 Å². The van der Waals surface area contributed by atoms with Gasteiger partial charge in [-0.3, -0.25) is 10.1 Å². The number of nitro groups is 1. The molecule has 0 saturated carbocycles. The van der Waals surface area contributed by atoms with E-state index >= 15 is 0 Å². The molecule has 0 aromatic heterocycles. The van der Waals surface area contributed by atoms with Crippen molar-refractivity contribution in [3.05, 3.63) is 51.1 Å². The van der Waals surface area contributed by atoms with E-state index in [0.29, 0.717) is 12.2 Å². The second-order valence-electron chi connectivity index (χ2n) is 5.53. The molecule has 5 nitrogen and oxygen atoms in total. The normalized spacial score (nSPS) is 25.3. The Hall–Kier alpha value is -2.35. The zero-order chi connectivity index (χ0) is 15.6. The Labute approximate surface area is 124 Å². The second-order valence-corrected chi connectivity index (χ2v) is 5.53. The van der Waals surface area contributed by atoms with Crippen molar-refractivity contribution in [3.63, 3.8) is 0 Å². The van der Waals surface area contributed by atoms with E-state index in [9.17, 15) is 15.4 Å². The SMILES string of the molecule is COc1ccccc1[C@H]1CC(C)=C(C)C[C@]1(C#N)[N+](=O)[O-]. The lowest BCUT2D eigenvalue weighted by atomic mass is 9.68. The van der Waals surface area contributed by atoms with Gasteiger partial charge in [0, 0.05) is 10.5 Å². The Morgan fingerprint density at radius 3 is 2.62 bits per heavy atom. The maximum atomic E-state index is 11.7. The van der Waals surface area contributed by atoms with Gasteiger partial charge in [-0.1, -0.05) is 29.3 Å². The Morgan fingerprint density at radius 2 is 2.05 bits per heavy atom. The van der Waals surface area contributed by atoms with E-state index in [-0.39, 0.29) is 6.42 Å². The van der Waals surface area contributed by atoms with Crippen LogP contribution in [0.5, 0.6) is 5.75 Å². The Bertz CT molecular complexity index is 645. The van der Waals surface area contributed by atoms with Gasteiger partial charge in [0.05, 0.1) is 19.4 Å². The topological polar surface area (TPSA) is 76.2 Å². The number of nitrogens with zero attached hydrogens (tertiary/aromatic N) is 2. The molecule has 0 heterocycles. The van der Waals surface area contributed by atoms with Crippen LogP contribution in [0, 0.1) is 21.4 Å².